The summed E-state index contributed by atoms with van der Waals surface area (Å²) < 4.78 is 0. The van der Waals surface area contributed by atoms with Crippen molar-refractivity contribution in [2.45, 2.75) is 20.8 Å². The van der Waals surface area contributed by atoms with Gasteiger partial charge >= 0.3 is 0 Å². The van der Waals surface area contributed by atoms with Gasteiger partial charge in [-0.25, -0.2) is 0 Å². The third kappa shape index (κ3) is 11.5. The molecule has 3 aromatic rings. The van der Waals surface area contributed by atoms with E-state index >= 15 is 0 Å². The van der Waals surface area contributed by atoms with Crippen LogP contribution in [0.2, 0.25) is 0 Å². The molecule has 3 rings (SSSR count). The van der Waals surface area contributed by atoms with Gasteiger partial charge in [-0.05, 0) is 39.0 Å². The molecular weight excluding hydrogens is 685 g/mol. The Labute approximate surface area is 255 Å². The van der Waals surface area contributed by atoms with Crippen LogP contribution >= 0.6 is 0 Å². The van der Waals surface area contributed by atoms with Crippen molar-refractivity contribution in [3.63, 3.8) is 0 Å². The Morgan fingerprint density at radius 3 is 0.850 bits per heavy atom. The van der Waals surface area contributed by atoms with Gasteiger partial charge in [-0.2, -0.15) is 0 Å². The third-order valence-corrected chi connectivity index (χ3v) is 4.56. The van der Waals surface area contributed by atoms with Gasteiger partial charge in [0.25, 0.3) is 17.1 Å². The molecule has 0 unspecified atom stereocenters. The first-order valence-corrected chi connectivity index (χ1v) is 10.5. The zero-order chi connectivity index (χ0) is 30.0. The van der Waals surface area contributed by atoms with Crippen LogP contribution in [-0.2, 0) is 0 Å². The van der Waals surface area contributed by atoms with Crippen molar-refractivity contribution >= 4 is 34.4 Å². The number of hydrogen-bond donors (Lipinski definition) is 3. The number of aromatic hydroxyl groups is 3. The third-order valence-electron chi connectivity index (χ3n) is 4.56. The molecule has 0 bridgehead atoms. The number of phenolic OH excluding ortho intramolecular Hbond substituents is 3. The van der Waals surface area contributed by atoms with E-state index in [1.807, 2.05) is 0 Å². The number of nitro benzene ring substituents is 3. The normalized spacial score (nSPS) is 9.38. The number of non-ortho nitro benzene ring substituents is 3. The number of benzene rings is 3. The molecule has 0 saturated heterocycles. The molecule has 0 atom stereocenters. The van der Waals surface area contributed by atoms with E-state index in [0.717, 1.165) is 36.4 Å². The molecular formula is C24H21DyN3O12. The first-order chi connectivity index (χ1) is 18.0. The average Bonchev–Trinajstić information content (AvgIpc) is 2.83. The number of nitrogens with zero attached hydrogens (tertiary/aromatic N) is 3. The van der Waals surface area contributed by atoms with Crippen molar-refractivity contribution in [1.82, 2.24) is 0 Å². The van der Waals surface area contributed by atoms with Crippen LogP contribution in [0.15, 0.2) is 54.6 Å². The summed E-state index contributed by atoms with van der Waals surface area (Å²) in [5.41, 5.74) is -0.467. The van der Waals surface area contributed by atoms with Crippen LogP contribution in [0, 0.1) is 68.5 Å². The maximum atomic E-state index is 10.8. The van der Waals surface area contributed by atoms with Crippen molar-refractivity contribution in [2.24, 2.45) is 0 Å². The second-order valence-electron chi connectivity index (χ2n) is 7.65. The zero-order valence-corrected chi connectivity index (χ0v) is 22.9. The second kappa shape index (κ2) is 15.8. The van der Waals surface area contributed by atoms with Crippen LogP contribution in [0.1, 0.15) is 51.8 Å². The topological polar surface area (TPSA) is 241 Å². The van der Waals surface area contributed by atoms with Crippen LogP contribution in [0.25, 0.3) is 0 Å². The maximum absolute atomic E-state index is 10.8. The molecule has 3 N–H and O–H groups in total. The molecule has 0 radical (unpaired) electrons. The number of carbonyl (C=O) groups is 3. The van der Waals surface area contributed by atoms with Gasteiger partial charge in [0, 0.05) is 73.1 Å². The minimum Gasteiger partial charge on any atom is -0.508 e. The van der Waals surface area contributed by atoms with E-state index in [1.54, 1.807) is 0 Å². The van der Waals surface area contributed by atoms with E-state index < -0.39 is 14.8 Å². The molecule has 16 heteroatoms. The van der Waals surface area contributed by atoms with E-state index in [9.17, 15) is 44.7 Å². The fraction of sp³-hybridized carbons (Fsp3) is 0.125. The van der Waals surface area contributed by atoms with Gasteiger partial charge in [0.1, 0.15) is 17.2 Å². The molecule has 0 fully saturated rings. The maximum Gasteiger partial charge on any atom is 0.273 e. The Morgan fingerprint density at radius 1 is 0.500 bits per heavy atom. The first kappa shape index (κ1) is 35.5. The van der Waals surface area contributed by atoms with E-state index in [0.29, 0.717) is 0 Å². The molecule has 40 heavy (non-hydrogen) atoms. The van der Waals surface area contributed by atoms with Gasteiger partial charge in [0.05, 0.1) is 33.0 Å². The number of rotatable bonds is 6. The minimum absolute atomic E-state index is 0. The number of nitro groups is 3. The summed E-state index contributed by atoms with van der Waals surface area (Å²) in [6, 6.07) is 9.93. The van der Waals surface area contributed by atoms with E-state index in [-0.39, 0.29) is 107 Å². The van der Waals surface area contributed by atoms with Crippen LogP contribution in [-0.4, -0.2) is 47.4 Å². The molecule has 0 heterocycles. The largest absolute Gasteiger partial charge is 0.508 e. The summed E-state index contributed by atoms with van der Waals surface area (Å²) in [4.78, 5) is 61.5. The van der Waals surface area contributed by atoms with E-state index in [2.05, 4.69) is 0 Å². The predicted octanol–water partition coefficient (Wildman–Crippen LogP) is 4.51. The number of carbonyl (C=O) groups excluding carboxylic acids is 3. The molecule has 0 aliphatic heterocycles. The SMILES string of the molecule is CC(=O)c1cc(O)cc([N+](=O)[O-])c1.CC(=O)c1cc(O)cc([N+](=O)[O-])c1.CC(=O)c1cc(O)cc([N+](=O)[O-])c1.[Dy]. The summed E-state index contributed by atoms with van der Waals surface area (Å²) >= 11 is 0. The fourth-order valence-electron chi connectivity index (χ4n) is 2.71. The second-order valence-corrected chi connectivity index (χ2v) is 7.65. The Bertz CT molecular complexity index is 1200. The summed E-state index contributed by atoms with van der Waals surface area (Å²) in [6.45, 7) is 3.83. The Kier molecular flexibility index (Phi) is 14.1. The Morgan fingerprint density at radius 2 is 0.700 bits per heavy atom. The van der Waals surface area contributed by atoms with Gasteiger partial charge in [-0.1, -0.05) is 0 Å². The van der Waals surface area contributed by atoms with Crippen LogP contribution in [0.5, 0.6) is 17.2 Å². The van der Waals surface area contributed by atoms with Crippen LogP contribution < -0.4 is 0 Å². The van der Waals surface area contributed by atoms with Crippen LogP contribution in [0.4, 0.5) is 17.1 Å². The van der Waals surface area contributed by atoms with Crippen molar-refractivity contribution in [3.05, 3.63) is 102 Å². The summed E-state index contributed by atoms with van der Waals surface area (Å²) in [6.07, 6.45) is 0. The van der Waals surface area contributed by atoms with E-state index in [1.165, 1.54) is 39.0 Å². The van der Waals surface area contributed by atoms with Crippen molar-refractivity contribution in [3.8, 4) is 17.2 Å². The zero-order valence-electron chi connectivity index (χ0n) is 20.9. The summed E-state index contributed by atoms with van der Waals surface area (Å²) in [5, 5.41) is 58.0. The van der Waals surface area contributed by atoms with Gasteiger partial charge in [0.2, 0.25) is 0 Å². The van der Waals surface area contributed by atoms with E-state index in [4.69, 9.17) is 15.3 Å². The Balaban J connectivity index is 0.000000563. The molecule has 0 aromatic heterocycles. The molecule has 0 aliphatic carbocycles. The number of ketones is 3. The first-order valence-electron chi connectivity index (χ1n) is 10.5. The standard InChI is InChI=1S/3C8H7NO4.Dy/c3*1-5(10)6-2-7(9(12)13)4-8(11)3-6;/h3*2-4,11H,1H3;. The molecule has 15 nitrogen and oxygen atoms in total. The van der Waals surface area contributed by atoms with Crippen molar-refractivity contribution < 1.29 is 82.6 Å². The van der Waals surface area contributed by atoms with Crippen molar-refractivity contribution in [2.75, 3.05) is 0 Å². The van der Waals surface area contributed by atoms with Gasteiger partial charge in [-0.3, -0.25) is 44.7 Å². The average molecular weight is 706 g/mol. The number of phenols is 3. The fourth-order valence-corrected chi connectivity index (χ4v) is 2.71. The number of hydrogen-bond acceptors (Lipinski definition) is 12. The molecule has 0 spiro atoms. The molecule has 3 aromatic carbocycles. The minimum atomic E-state index is -0.661. The van der Waals surface area contributed by atoms with Crippen molar-refractivity contribution in [1.29, 1.82) is 0 Å². The molecule has 0 amide bonds. The van der Waals surface area contributed by atoms with Gasteiger partial charge in [-0.15, -0.1) is 0 Å². The monoisotopic (exact) mass is 707 g/mol. The van der Waals surface area contributed by atoms with Gasteiger partial charge < -0.3 is 15.3 Å². The van der Waals surface area contributed by atoms with Crippen LogP contribution in [0.3, 0.4) is 0 Å². The van der Waals surface area contributed by atoms with Gasteiger partial charge in [0.15, 0.2) is 17.3 Å². The predicted molar refractivity (Wildman–Crippen MR) is 134 cm³/mol. The smallest absolute Gasteiger partial charge is 0.273 e. The Hall–Kier alpha value is -4.46. The quantitative estimate of drug-likeness (QED) is 0.182. The molecule has 0 aliphatic rings. The number of Topliss-reactive ketones (excluding diaryl/α,β-unsaturated/α-hetero) is 3. The molecule has 214 valence electrons. The summed E-state index contributed by atoms with van der Waals surface area (Å²) in [5.74, 6) is -1.80. The molecule has 0 saturated carbocycles. The summed E-state index contributed by atoms with van der Waals surface area (Å²) in [7, 11) is 0.